The molecular weight excluding hydrogens is 318 g/mol. The molecule has 0 saturated carbocycles. The number of benzene rings is 2. The smallest absolute Gasteiger partial charge is 0.151 e. The number of hydrogen-bond donors (Lipinski definition) is 0. The Balaban J connectivity index is 2.41. The Kier molecular flexibility index (Phi) is 6.35. The lowest BCUT2D eigenvalue weighted by molar-refractivity contribution is 0.305. The van der Waals surface area contributed by atoms with Crippen molar-refractivity contribution in [2.24, 2.45) is 10.4 Å². The second-order valence-electron chi connectivity index (χ2n) is 5.72. The number of nitriles is 1. The minimum atomic E-state index is 0.145. The minimum Gasteiger partial charge on any atom is -0.491 e. The van der Waals surface area contributed by atoms with E-state index in [0.29, 0.717) is 29.0 Å². The van der Waals surface area contributed by atoms with E-state index in [4.69, 9.17) is 10.00 Å². The lowest BCUT2D eigenvalue weighted by Crippen LogP contribution is -1.99. The fourth-order valence-electron chi connectivity index (χ4n) is 2.61. The maximum absolute atomic E-state index is 11.2. The molecule has 6 nitrogen and oxygen atoms in total. The van der Waals surface area contributed by atoms with Crippen LogP contribution in [0.2, 0.25) is 0 Å². The Hall–Kier alpha value is -3.07. The minimum absolute atomic E-state index is 0.145. The molecule has 2 aromatic carbocycles. The van der Waals surface area contributed by atoms with Gasteiger partial charge < -0.3 is 4.74 Å². The normalized spacial score (nSPS) is 10.1. The average Bonchev–Trinajstić information content (AvgIpc) is 2.65. The third-order valence-corrected chi connectivity index (χ3v) is 3.88. The molecule has 0 aliphatic rings. The molecule has 2 aromatic rings. The summed E-state index contributed by atoms with van der Waals surface area (Å²) in [4.78, 5) is 22.4. The van der Waals surface area contributed by atoms with E-state index < -0.39 is 0 Å². The largest absolute Gasteiger partial charge is 0.491 e. The van der Waals surface area contributed by atoms with E-state index in [1.807, 2.05) is 19.1 Å². The van der Waals surface area contributed by atoms with Gasteiger partial charge in [-0.2, -0.15) is 5.26 Å². The summed E-state index contributed by atoms with van der Waals surface area (Å²) in [6.45, 7) is 4.45. The SMILES string of the molecule is CCCCCOc1c(C)cc(-c2ccc(C#N)cc2N=O)cc1N=O. The summed E-state index contributed by atoms with van der Waals surface area (Å²) in [5.41, 5.74) is 2.61. The van der Waals surface area contributed by atoms with Crippen LogP contribution in [-0.4, -0.2) is 6.61 Å². The highest BCUT2D eigenvalue weighted by molar-refractivity contribution is 5.80. The fourth-order valence-corrected chi connectivity index (χ4v) is 2.61. The van der Waals surface area contributed by atoms with Crippen molar-refractivity contribution in [3.8, 4) is 22.9 Å². The quantitative estimate of drug-likeness (QED) is 0.443. The molecule has 128 valence electrons. The molecule has 0 amide bonds. The average molecular weight is 337 g/mol. The van der Waals surface area contributed by atoms with Crippen LogP contribution in [-0.2, 0) is 0 Å². The number of unbranched alkanes of at least 4 members (excludes halogenated alkanes) is 2. The number of nitroso groups, excluding NO2 is 2. The van der Waals surface area contributed by atoms with Gasteiger partial charge in [0.25, 0.3) is 0 Å². The highest BCUT2D eigenvalue weighted by Crippen LogP contribution is 2.39. The fraction of sp³-hybridized carbons (Fsp3) is 0.316. The van der Waals surface area contributed by atoms with E-state index in [1.54, 1.807) is 18.2 Å². The van der Waals surface area contributed by atoms with Gasteiger partial charge in [-0.15, -0.1) is 9.81 Å². The van der Waals surface area contributed by atoms with Gasteiger partial charge in [0.1, 0.15) is 5.69 Å². The van der Waals surface area contributed by atoms with E-state index in [-0.39, 0.29) is 11.4 Å². The highest BCUT2D eigenvalue weighted by atomic mass is 16.5. The highest BCUT2D eigenvalue weighted by Gasteiger charge is 2.14. The van der Waals surface area contributed by atoms with Crippen LogP contribution in [0.4, 0.5) is 11.4 Å². The third kappa shape index (κ3) is 4.27. The monoisotopic (exact) mass is 337 g/mol. The van der Waals surface area contributed by atoms with Gasteiger partial charge >= 0.3 is 0 Å². The predicted octanol–water partition coefficient (Wildman–Crippen LogP) is 5.90. The lowest BCUT2D eigenvalue weighted by Gasteiger charge is -2.13. The molecule has 0 aliphatic heterocycles. The van der Waals surface area contributed by atoms with Crippen molar-refractivity contribution in [2.75, 3.05) is 6.61 Å². The van der Waals surface area contributed by atoms with Crippen molar-refractivity contribution in [1.82, 2.24) is 0 Å². The molecule has 0 radical (unpaired) electrons. The second kappa shape index (κ2) is 8.69. The zero-order valence-electron chi connectivity index (χ0n) is 14.3. The molecule has 0 spiro atoms. The lowest BCUT2D eigenvalue weighted by atomic mass is 9.99. The summed E-state index contributed by atoms with van der Waals surface area (Å²) in [5, 5.41) is 15.0. The first-order valence-electron chi connectivity index (χ1n) is 8.13. The summed E-state index contributed by atoms with van der Waals surface area (Å²) >= 11 is 0. The number of hydrogen-bond acceptors (Lipinski definition) is 6. The topological polar surface area (TPSA) is 91.9 Å². The van der Waals surface area contributed by atoms with Gasteiger partial charge in [-0.3, -0.25) is 0 Å². The number of ether oxygens (including phenoxy) is 1. The first-order chi connectivity index (χ1) is 12.1. The molecule has 25 heavy (non-hydrogen) atoms. The zero-order valence-corrected chi connectivity index (χ0v) is 14.3. The molecule has 0 N–H and O–H groups in total. The van der Waals surface area contributed by atoms with E-state index in [0.717, 1.165) is 24.8 Å². The van der Waals surface area contributed by atoms with Crippen LogP contribution in [0.1, 0.15) is 37.3 Å². The van der Waals surface area contributed by atoms with Crippen LogP contribution >= 0.6 is 0 Å². The predicted molar refractivity (Wildman–Crippen MR) is 97.3 cm³/mol. The molecule has 6 heteroatoms. The van der Waals surface area contributed by atoms with Crippen molar-refractivity contribution < 1.29 is 4.74 Å². The van der Waals surface area contributed by atoms with E-state index >= 15 is 0 Å². The van der Waals surface area contributed by atoms with E-state index in [9.17, 15) is 9.81 Å². The molecule has 0 aliphatic carbocycles. The molecule has 0 heterocycles. The number of nitrogens with zero attached hydrogens (tertiary/aromatic N) is 3. The Morgan fingerprint density at radius 1 is 1.08 bits per heavy atom. The molecule has 0 saturated heterocycles. The first kappa shape index (κ1) is 18.3. The standard InChI is InChI=1S/C19H19N3O3/c1-3-4-5-8-25-19-13(2)9-15(11-18(19)22-24)16-7-6-14(12-20)10-17(16)21-23/h6-7,9-11H,3-5,8H2,1-2H3. The Morgan fingerprint density at radius 2 is 1.84 bits per heavy atom. The van der Waals surface area contributed by atoms with Crippen molar-refractivity contribution in [2.45, 2.75) is 33.1 Å². The summed E-state index contributed by atoms with van der Waals surface area (Å²) in [6.07, 6.45) is 3.05. The van der Waals surface area contributed by atoms with Gasteiger partial charge in [-0.25, -0.2) is 0 Å². The van der Waals surface area contributed by atoms with Gasteiger partial charge in [-0.1, -0.05) is 25.8 Å². The summed E-state index contributed by atoms with van der Waals surface area (Å²) < 4.78 is 5.72. The number of rotatable bonds is 8. The summed E-state index contributed by atoms with van der Waals surface area (Å²) in [6, 6.07) is 10.0. The van der Waals surface area contributed by atoms with Gasteiger partial charge in [0, 0.05) is 5.56 Å². The van der Waals surface area contributed by atoms with Crippen LogP contribution in [0.15, 0.2) is 40.7 Å². The van der Waals surface area contributed by atoms with Gasteiger partial charge in [0.2, 0.25) is 0 Å². The van der Waals surface area contributed by atoms with Crippen LogP contribution in [0, 0.1) is 28.1 Å². The third-order valence-electron chi connectivity index (χ3n) is 3.88. The molecule has 0 atom stereocenters. The maximum atomic E-state index is 11.2. The Morgan fingerprint density at radius 3 is 2.48 bits per heavy atom. The van der Waals surface area contributed by atoms with Crippen molar-refractivity contribution in [3.05, 3.63) is 51.3 Å². The van der Waals surface area contributed by atoms with Gasteiger partial charge in [-0.05, 0) is 59.1 Å². The van der Waals surface area contributed by atoms with Crippen molar-refractivity contribution in [1.29, 1.82) is 5.26 Å². The maximum Gasteiger partial charge on any atom is 0.151 e. The summed E-state index contributed by atoms with van der Waals surface area (Å²) in [7, 11) is 0. The zero-order chi connectivity index (χ0) is 18.2. The molecule has 0 unspecified atom stereocenters. The first-order valence-corrected chi connectivity index (χ1v) is 8.13. The molecular formula is C19H19N3O3. The van der Waals surface area contributed by atoms with Crippen LogP contribution in [0.5, 0.6) is 5.75 Å². The molecule has 0 aromatic heterocycles. The molecule has 0 bridgehead atoms. The Labute approximate surface area is 146 Å². The Bertz CT molecular complexity index is 825. The van der Waals surface area contributed by atoms with Gasteiger partial charge in [0.05, 0.1) is 18.2 Å². The van der Waals surface area contributed by atoms with Crippen LogP contribution < -0.4 is 4.74 Å². The second-order valence-corrected chi connectivity index (χ2v) is 5.72. The number of aryl methyl sites for hydroxylation is 1. The van der Waals surface area contributed by atoms with E-state index in [2.05, 4.69) is 17.3 Å². The summed E-state index contributed by atoms with van der Waals surface area (Å²) in [5.74, 6) is 0.462. The molecule has 2 rings (SSSR count). The van der Waals surface area contributed by atoms with Crippen molar-refractivity contribution in [3.63, 3.8) is 0 Å². The van der Waals surface area contributed by atoms with Gasteiger partial charge in [0.15, 0.2) is 11.4 Å². The van der Waals surface area contributed by atoms with E-state index in [1.165, 1.54) is 6.07 Å². The van der Waals surface area contributed by atoms with Crippen LogP contribution in [0.3, 0.4) is 0 Å². The molecule has 0 fully saturated rings. The van der Waals surface area contributed by atoms with Crippen LogP contribution in [0.25, 0.3) is 11.1 Å². The van der Waals surface area contributed by atoms with Crippen molar-refractivity contribution >= 4 is 11.4 Å².